The maximum Gasteiger partial charge on any atom is 0.309 e. The van der Waals surface area contributed by atoms with Crippen LogP contribution in [-0.2, 0) is 0 Å². The van der Waals surface area contributed by atoms with Crippen LogP contribution in [0.5, 0.6) is 0 Å². The first-order valence-electron chi connectivity index (χ1n) is 7.76. The molecule has 2 aromatic rings. The molecule has 2 rings (SSSR count). The van der Waals surface area contributed by atoms with Crippen molar-refractivity contribution in [1.82, 2.24) is 0 Å². The van der Waals surface area contributed by atoms with E-state index in [0.29, 0.717) is 0 Å². The third kappa shape index (κ3) is 3.59. The molecule has 128 valence electrons. The smallest absolute Gasteiger partial charge is 0.309 e. The molecular formula is C18H20BrFN2O2. The molecular weight excluding hydrogens is 375 g/mol. The van der Waals surface area contributed by atoms with Crippen LogP contribution >= 0.6 is 15.9 Å². The summed E-state index contributed by atoms with van der Waals surface area (Å²) >= 11 is 2.98. The van der Waals surface area contributed by atoms with Gasteiger partial charge in [-0.25, -0.2) is 4.39 Å². The number of rotatable bonds is 5. The Bertz CT molecular complexity index is 750. The Kier molecular flexibility index (Phi) is 5.59. The molecule has 1 N–H and O–H groups in total. The summed E-state index contributed by atoms with van der Waals surface area (Å²) in [5.74, 6) is -0.170. The quantitative estimate of drug-likeness (QED) is 0.465. The standard InChI is InChI=1S/C18H20BrFN2O2/c1-10(2)12-6-5-7-13(11(3)4)17(12)21-15-9-8-14(20)16(19)18(15)22(23)24/h5-11,21H,1-4H3. The van der Waals surface area contributed by atoms with Crippen LogP contribution in [0.1, 0.15) is 50.7 Å². The van der Waals surface area contributed by atoms with Gasteiger partial charge in [-0.3, -0.25) is 10.1 Å². The molecule has 0 atom stereocenters. The molecule has 0 heterocycles. The molecule has 0 aromatic heterocycles. The van der Waals surface area contributed by atoms with E-state index in [2.05, 4.69) is 48.9 Å². The van der Waals surface area contributed by atoms with E-state index in [1.165, 1.54) is 12.1 Å². The van der Waals surface area contributed by atoms with Crippen LogP contribution in [0.25, 0.3) is 0 Å². The Labute approximate surface area is 149 Å². The number of hydrogen-bond donors (Lipinski definition) is 1. The zero-order chi connectivity index (χ0) is 18.0. The van der Waals surface area contributed by atoms with Gasteiger partial charge in [0.25, 0.3) is 0 Å². The molecule has 0 aliphatic carbocycles. The van der Waals surface area contributed by atoms with Gasteiger partial charge in [0.15, 0.2) is 0 Å². The predicted octanol–water partition coefficient (Wildman–Crippen LogP) is 6.49. The largest absolute Gasteiger partial charge is 0.349 e. The molecule has 6 heteroatoms. The first kappa shape index (κ1) is 18.4. The molecule has 0 aliphatic rings. The number of benzene rings is 2. The van der Waals surface area contributed by atoms with Crippen molar-refractivity contribution in [2.45, 2.75) is 39.5 Å². The lowest BCUT2D eigenvalue weighted by Crippen LogP contribution is -2.06. The lowest BCUT2D eigenvalue weighted by atomic mass is 9.92. The lowest BCUT2D eigenvalue weighted by Gasteiger charge is -2.21. The fraction of sp³-hybridized carbons (Fsp3) is 0.333. The Morgan fingerprint density at radius 2 is 1.62 bits per heavy atom. The highest BCUT2D eigenvalue weighted by Crippen LogP contribution is 2.40. The lowest BCUT2D eigenvalue weighted by molar-refractivity contribution is -0.384. The van der Waals surface area contributed by atoms with Gasteiger partial charge in [-0.15, -0.1) is 0 Å². The van der Waals surface area contributed by atoms with Crippen molar-refractivity contribution in [2.75, 3.05) is 5.32 Å². The summed E-state index contributed by atoms with van der Waals surface area (Å²) in [6.07, 6.45) is 0. The van der Waals surface area contributed by atoms with Crippen molar-refractivity contribution >= 4 is 33.0 Å². The summed E-state index contributed by atoms with van der Waals surface area (Å²) in [4.78, 5) is 10.8. The van der Waals surface area contributed by atoms with Gasteiger partial charge in [-0.05, 0) is 51.0 Å². The van der Waals surface area contributed by atoms with Gasteiger partial charge in [0.2, 0.25) is 0 Å². The van der Waals surface area contributed by atoms with Crippen molar-refractivity contribution in [1.29, 1.82) is 0 Å². The van der Waals surface area contributed by atoms with Crippen LogP contribution in [0.3, 0.4) is 0 Å². The topological polar surface area (TPSA) is 55.2 Å². The maximum absolute atomic E-state index is 13.7. The molecule has 4 nitrogen and oxygen atoms in total. The summed E-state index contributed by atoms with van der Waals surface area (Å²) in [5.41, 5.74) is 2.95. The van der Waals surface area contributed by atoms with E-state index < -0.39 is 10.7 Å². The van der Waals surface area contributed by atoms with Crippen molar-refractivity contribution in [2.24, 2.45) is 0 Å². The minimum atomic E-state index is -0.659. The van der Waals surface area contributed by atoms with E-state index in [0.717, 1.165) is 16.8 Å². The van der Waals surface area contributed by atoms with Crippen LogP contribution in [0.2, 0.25) is 0 Å². The molecule has 0 unspecified atom stereocenters. The number of nitrogens with zero attached hydrogens (tertiary/aromatic N) is 1. The van der Waals surface area contributed by atoms with Crippen molar-refractivity contribution in [3.8, 4) is 0 Å². The minimum absolute atomic E-state index is 0.148. The molecule has 0 aliphatic heterocycles. The van der Waals surface area contributed by atoms with Crippen LogP contribution in [0.15, 0.2) is 34.8 Å². The maximum atomic E-state index is 13.7. The molecule has 0 amide bonds. The molecule has 24 heavy (non-hydrogen) atoms. The number of para-hydroxylation sites is 1. The average Bonchev–Trinajstić information content (AvgIpc) is 2.50. The van der Waals surface area contributed by atoms with Gasteiger partial charge in [0.1, 0.15) is 16.0 Å². The van der Waals surface area contributed by atoms with Gasteiger partial charge in [-0.1, -0.05) is 45.9 Å². The Hall–Kier alpha value is -1.95. The van der Waals surface area contributed by atoms with E-state index in [4.69, 9.17) is 0 Å². The van der Waals surface area contributed by atoms with Crippen LogP contribution < -0.4 is 5.32 Å². The highest BCUT2D eigenvalue weighted by atomic mass is 79.9. The highest BCUT2D eigenvalue weighted by molar-refractivity contribution is 9.10. The predicted molar refractivity (Wildman–Crippen MR) is 98.7 cm³/mol. The molecule has 0 spiro atoms. The zero-order valence-electron chi connectivity index (χ0n) is 14.1. The van der Waals surface area contributed by atoms with Crippen LogP contribution in [-0.4, -0.2) is 4.92 Å². The average molecular weight is 395 g/mol. The highest BCUT2D eigenvalue weighted by Gasteiger charge is 2.24. The Balaban J connectivity index is 2.64. The van der Waals surface area contributed by atoms with E-state index in [-0.39, 0.29) is 27.7 Å². The summed E-state index contributed by atoms with van der Waals surface area (Å²) < 4.78 is 13.5. The van der Waals surface area contributed by atoms with Crippen LogP contribution in [0, 0.1) is 15.9 Å². The SMILES string of the molecule is CC(C)c1cccc(C(C)C)c1Nc1ccc(F)c(Br)c1[N+](=O)[O-]. The molecule has 0 fully saturated rings. The first-order chi connectivity index (χ1) is 11.2. The second-order valence-electron chi connectivity index (χ2n) is 6.26. The van der Waals surface area contributed by atoms with Gasteiger partial charge in [-0.2, -0.15) is 0 Å². The molecule has 2 aromatic carbocycles. The number of nitrogens with one attached hydrogen (secondary N) is 1. The normalized spacial score (nSPS) is 11.2. The monoisotopic (exact) mass is 394 g/mol. The van der Waals surface area contributed by atoms with Crippen molar-refractivity contribution < 1.29 is 9.31 Å². The fourth-order valence-electron chi connectivity index (χ4n) is 2.65. The Morgan fingerprint density at radius 3 is 2.08 bits per heavy atom. The minimum Gasteiger partial charge on any atom is -0.349 e. The Morgan fingerprint density at radius 1 is 1.08 bits per heavy atom. The van der Waals surface area contributed by atoms with Crippen molar-refractivity contribution in [3.05, 3.63) is 61.9 Å². The second kappa shape index (κ2) is 7.30. The van der Waals surface area contributed by atoms with Crippen LogP contribution in [0.4, 0.5) is 21.5 Å². The third-order valence-electron chi connectivity index (χ3n) is 3.88. The number of halogens is 2. The molecule has 0 saturated carbocycles. The van der Waals surface area contributed by atoms with E-state index in [1.54, 1.807) is 0 Å². The first-order valence-corrected chi connectivity index (χ1v) is 8.55. The van der Waals surface area contributed by atoms with Gasteiger partial charge in [0.05, 0.1) is 4.92 Å². The number of nitro benzene ring substituents is 1. The summed E-state index contributed by atoms with van der Waals surface area (Å²) in [6.45, 7) is 8.28. The van der Waals surface area contributed by atoms with E-state index in [1.807, 2.05) is 18.2 Å². The number of anilines is 2. The van der Waals surface area contributed by atoms with Crippen molar-refractivity contribution in [3.63, 3.8) is 0 Å². The summed E-state index contributed by atoms with van der Waals surface area (Å²) in [7, 11) is 0. The number of nitro groups is 1. The number of hydrogen-bond acceptors (Lipinski definition) is 3. The molecule has 0 saturated heterocycles. The van der Waals surface area contributed by atoms with Gasteiger partial charge >= 0.3 is 5.69 Å². The summed E-state index contributed by atoms with van der Waals surface area (Å²) in [6, 6.07) is 8.61. The molecule has 0 bridgehead atoms. The fourth-order valence-corrected chi connectivity index (χ4v) is 3.14. The third-order valence-corrected chi connectivity index (χ3v) is 4.64. The van der Waals surface area contributed by atoms with Gasteiger partial charge in [0, 0.05) is 5.69 Å². The second-order valence-corrected chi connectivity index (χ2v) is 7.05. The van der Waals surface area contributed by atoms with Gasteiger partial charge < -0.3 is 5.32 Å². The van der Waals surface area contributed by atoms with E-state index >= 15 is 0 Å². The zero-order valence-corrected chi connectivity index (χ0v) is 15.6. The van der Waals surface area contributed by atoms with E-state index in [9.17, 15) is 14.5 Å². The summed E-state index contributed by atoms with van der Waals surface area (Å²) in [5, 5.41) is 14.6. The molecule has 0 radical (unpaired) electrons.